The van der Waals surface area contributed by atoms with Crippen LogP contribution in [0.3, 0.4) is 0 Å². The average molecular weight is 248 g/mol. The van der Waals surface area contributed by atoms with Crippen LogP contribution in [0.15, 0.2) is 30.9 Å². The molecular formula is C15H20O3. The second-order valence-corrected chi connectivity index (χ2v) is 4.27. The quantitative estimate of drug-likeness (QED) is 0.562. The van der Waals surface area contributed by atoms with E-state index in [0.29, 0.717) is 12.4 Å². The minimum absolute atomic E-state index is 0.266. The molecule has 0 aliphatic rings. The van der Waals surface area contributed by atoms with E-state index in [0.717, 1.165) is 31.2 Å². The lowest BCUT2D eigenvalue weighted by Gasteiger charge is -2.09. The van der Waals surface area contributed by atoms with Gasteiger partial charge in [0.25, 0.3) is 0 Å². The molecule has 1 aromatic rings. The van der Waals surface area contributed by atoms with Gasteiger partial charge in [0.1, 0.15) is 5.75 Å². The number of allylic oxidation sites excluding steroid dienone is 1. The number of carboxylic acids is 1. The molecule has 98 valence electrons. The van der Waals surface area contributed by atoms with Gasteiger partial charge in [0, 0.05) is 0 Å². The van der Waals surface area contributed by atoms with E-state index in [1.54, 1.807) is 18.2 Å². The standard InChI is InChI=1S/C15H20O3/c1-3-4-5-6-7-10-18-14-11-13(15(16)17)9-8-12(14)2/h3,8-9,11H,1,4-7,10H2,2H3,(H,16,17). The summed E-state index contributed by atoms with van der Waals surface area (Å²) in [7, 11) is 0. The van der Waals surface area contributed by atoms with Gasteiger partial charge in [-0.1, -0.05) is 12.1 Å². The number of aryl methyl sites for hydroxylation is 1. The third-order valence-electron chi connectivity index (χ3n) is 2.75. The van der Waals surface area contributed by atoms with Crippen LogP contribution in [0, 0.1) is 6.92 Å². The normalized spacial score (nSPS) is 10.1. The highest BCUT2D eigenvalue weighted by Crippen LogP contribution is 2.20. The number of ether oxygens (including phenoxy) is 1. The number of benzene rings is 1. The summed E-state index contributed by atoms with van der Waals surface area (Å²) in [6.45, 7) is 6.22. The van der Waals surface area contributed by atoms with Gasteiger partial charge in [-0.05, 0) is 50.3 Å². The van der Waals surface area contributed by atoms with Crippen LogP contribution in [0.4, 0.5) is 0 Å². The van der Waals surface area contributed by atoms with Crippen molar-refractivity contribution in [2.24, 2.45) is 0 Å². The highest BCUT2D eigenvalue weighted by molar-refractivity contribution is 5.88. The van der Waals surface area contributed by atoms with Crippen molar-refractivity contribution in [3.05, 3.63) is 42.0 Å². The molecule has 0 aliphatic heterocycles. The summed E-state index contributed by atoms with van der Waals surface area (Å²) >= 11 is 0. The van der Waals surface area contributed by atoms with Crippen molar-refractivity contribution in [2.75, 3.05) is 6.61 Å². The Bertz CT molecular complexity index is 410. The van der Waals surface area contributed by atoms with E-state index in [2.05, 4.69) is 6.58 Å². The Morgan fingerprint density at radius 3 is 2.83 bits per heavy atom. The zero-order valence-electron chi connectivity index (χ0n) is 10.8. The summed E-state index contributed by atoms with van der Waals surface area (Å²) in [5, 5.41) is 8.90. The maximum Gasteiger partial charge on any atom is 0.335 e. The number of hydrogen-bond donors (Lipinski definition) is 1. The maximum atomic E-state index is 10.8. The Balaban J connectivity index is 2.43. The van der Waals surface area contributed by atoms with Crippen LogP contribution in [0.5, 0.6) is 5.75 Å². The van der Waals surface area contributed by atoms with E-state index >= 15 is 0 Å². The smallest absolute Gasteiger partial charge is 0.335 e. The Kier molecular flexibility index (Phi) is 5.98. The first-order valence-electron chi connectivity index (χ1n) is 6.23. The van der Waals surface area contributed by atoms with Crippen molar-refractivity contribution in [1.82, 2.24) is 0 Å². The van der Waals surface area contributed by atoms with Gasteiger partial charge >= 0.3 is 5.97 Å². The van der Waals surface area contributed by atoms with Crippen LogP contribution in [-0.2, 0) is 0 Å². The summed E-state index contributed by atoms with van der Waals surface area (Å²) in [6, 6.07) is 4.95. The molecule has 3 heteroatoms. The first kappa shape index (κ1) is 14.3. The van der Waals surface area contributed by atoms with Gasteiger partial charge in [-0.3, -0.25) is 0 Å². The van der Waals surface area contributed by atoms with E-state index < -0.39 is 5.97 Å². The van der Waals surface area contributed by atoms with E-state index in [1.807, 2.05) is 13.0 Å². The molecule has 0 unspecified atom stereocenters. The predicted molar refractivity (Wildman–Crippen MR) is 72.3 cm³/mol. The summed E-state index contributed by atoms with van der Waals surface area (Å²) in [6.07, 6.45) is 6.16. The Morgan fingerprint density at radius 2 is 2.17 bits per heavy atom. The van der Waals surface area contributed by atoms with Crippen molar-refractivity contribution in [3.63, 3.8) is 0 Å². The van der Waals surface area contributed by atoms with Crippen LogP contribution in [-0.4, -0.2) is 17.7 Å². The molecule has 0 bridgehead atoms. The van der Waals surface area contributed by atoms with Crippen LogP contribution >= 0.6 is 0 Å². The highest BCUT2D eigenvalue weighted by atomic mass is 16.5. The van der Waals surface area contributed by atoms with Gasteiger partial charge in [-0.15, -0.1) is 6.58 Å². The fourth-order valence-electron chi connectivity index (χ4n) is 1.64. The third kappa shape index (κ3) is 4.62. The molecular weight excluding hydrogens is 228 g/mol. The highest BCUT2D eigenvalue weighted by Gasteiger charge is 2.06. The molecule has 1 N–H and O–H groups in total. The molecule has 0 aromatic heterocycles. The summed E-state index contributed by atoms with van der Waals surface area (Å²) in [5.74, 6) is -0.260. The van der Waals surface area contributed by atoms with E-state index in [-0.39, 0.29) is 5.56 Å². The molecule has 1 rings (SSSR count). The first-order valence-corrected chi connectivity index (χ1v) is 6.23. The molecule has 0 amide bonds. The number of carbonyl (C=O) groups is 1. The SMILES string of the molecule is C=CCCCCCOc1cc(C(=O)O)ccc1C. The minimum atomic E-state index is -0.925. The van der Waals surface area contributed by atoms with E-state index in [1.165, 1.54) is 0 Å². The monoisotopic (exact) mass is 248 g/mol. The molecule has 0 spiro atoms. The van der Waals surface area contributed by atoms with Crippen LogP contribution < -0.4 is 4.74 Å². The summed E-state index contributed by atoms with van der Waals surface area (Å²) in [5.41, 5.74) is 1.23. The summed E-state index contributed by atoms with van der Waals surface area (Å²) in [4.78, 5) is 10.8. The topological polar surface area (TPSA) is 46.5 Å². The number of hydrogen-bond acceptors (Lipinski definition) is 2. The molecule has 1 aromatic carbocycles. The van der Waals surface area contributed by atoms with Gasteiger partial charge in [-0.2, -0.15) is 0 Å². The van der Waals surface area contributed by atoms with Crippen molar-refractivity contribution in [1.29, 1.82) is 0 Å². The second-order valence-electron chi connectivity index (χ2n) is 4.27. The molecule has 0 saturated carbocycles. The second kappa shape index (κ2) is 7.54. The van der Waals surface area contributed by atoms with Crippen molar-refractivity contribution in [2.45, 2.75) is 32.6 Å². The van der Waals surface area contributed by atoms with Crippen LogP contribution in [0.2, 0.25) is 0 Å². The lowest BCUT2D eigenvalue weighted by molar-refractivity contribution is 0.0696. The van der Waals surface area contributed by atoms with Crippen LogP contribution in [0.1, 0.15) is 41.6 Å². The molecule has 18 heavy (non-hydrogen) atoms. The molecule has 0 fully saturated rings. The molecule has 0 atom stereocenters. The van der Waals surface area contributed by atoms with E-state index in [9.17, 15) is 4.79 Å². The zero-order valence-corrected chi connectivity index (χ0v) is 10.8. The van der Waals surface area contributed by atoms with Crippen molar-refractivity contribution < 1.29 is 14.6 Å². The fourth-order valence-corrected chi connectivity index (χ4v) is 1.64. The largest absolute Gasteiger partial charge is 0.493 e. The number of carboxylic acid groups (broad SMARTS) is 1. The van der Waals surface area contributed by atoms with Gasteiger partial charge in [0.05, 0.1) is 12.2 Å². The summed E-state index contributed by atoms with van der Waals surface area (Å²) < 4.78 is 5.62. The van der Waals surface area contributed by atoms with Gasteiger partial charge in [0.2, 0.25) is 0 Å². The van der Waals surface area contributed by atoms with Gasteiger partial charge in [0.15, 0.2) is 0 Å². The number of rotatable bonds is 8. The van der Waals surface area contributed by atoms with Gasteiger partial charge < -0.3 is 9.84 Å². The van der Waals surface area contributed by atoms with Crippen molar-refractivity contribution in [3.8, 4) is 5.75 Å². The fraction of sp³-hybridized carbons (Fsp3) is 0.400. The third-order valence-corrected chi connectivity index (χ3v) is 2.75. The Hall–Kier alpha value is -1.77. The average Bonchev–Trinajstić information content (AvgIpc) is 2.35. The van der Waals surface area contributed by atoms with E-state index in [4.69, 9.17) is 9.84 Å². The lowest BCUT2D eigenvalue weighted by atomic mass is 10.1. The minimum Gasteiger partial charge on any atom is -0.493 e. The lowest BCUT2D eigenvalue weighted by Crippen LogP contribution is -2.02. The molecule has 0 heterocycles. The van der Waals surface area contributed by atoms with Gasteiger partial charge in [-0.25, -0.2) is 4.79 Å². The van der Waals surface area contributed by atoms with Crippen LogP contribution in [0.25, 0.3) is 0 Å². The number of aromatic carboxylic acids is 1. The molecule has 0 aliphatic carbocycles. The first-order chi connectivity index (χ1) is 8.65. The Morgan fingerprint density at radius 1 is 1.39 bits per heavy atom. The maximum absolute atomic E-state index is 10.8. The molecule has 0 radical (unpaired) electrons. The number of unbranched alkanes of at least 4 members (excludes halogenated alkanes) is 3. The predicted octanol–water partition coefficient (Wildman–Crippen LogP) is 3.82. The zero-order chi connectivity index (χ0) is 13.4. The molecule has 3 nitrogen and oxygen atoms in total. The molecule has 0 saturated heterocycles. The Labute approximate surface area is 108 Å². The van der Waals surface area contributed by atoms with Crippen molar-refractivity contribution >= 4 is 5.97 Å².